The Morgan fingerprint density at radius 1 is 1.45 bits per heavy atom. The van der Waals surface area contributed by atoms with E-state index in [9.17, 15) is 4.79 Å². The number of hydrogen-bond donors (Lipinski definition) is 3. The molecule has 116 valence electrons. The van der Waals surface area contributed by atoms with Crippen molar-refractivity contribution in [2.75, 3.05) is 24.1 Å². The molecule has 0 bridgehead atoms. The SMILES string of the molecule is COc1ccc(/C=N/Nc2nnc(SCC(N)=O)n2N)cc1. The minimum atomic E-state index is -0.458. The van der Waals surface area contributed by atoms with E-state index in [0.717, 1.165) is 23.1 Å². The number of primary amides is 1. The fourth-order valence-corrected chi connectivity index (χ4v) is 2.04. The Morgan fingerprint density at radius 3 is 2.82 bits per heavy atom. The Labute approximate surface area is 130 Å². The van der Waals surface area contributed by atoms with Gasteiger partial charge in [-0.15, -0.1) is 10.2 Å². The number of thioether (sulfide) groups is 1. The van der Waals surface area contributed by atoms with Crippen molar-refractivity contribution in [3.63, 3.8) is 0 Å². The van der Waals surface area contributed by atoms with E-state index in [1.54, 1.807) is 13.3 Å². The van der Waals surface area contributed by atoms with E-state index in [1.807, 2.05) is 24.3 Å². The second-order valence-corrected chi connectivity index (χ2v) is 5.02. The molecule has 9 nitrogen and oxygen atoms in total. The Kier molecular flexibility index (Phi) is 5.20. The maximum atomic E-state index is 10.7. The van der Waals surface area contributed by atoms with Crippen molar-refractivity contribution >= 4 is 29.8 Å². The Morgan fingerprint density at radius 2 is 2.18 bits per heavy atom. The summed E-state index contributed by atoms with van der Waals surface area (Å²) in [6.45, 7) is 0. The van der Waals surface area contributed by atoms with E-state index in [1.165, 1.54) is 4.68 Å². The van der Waals surface area contributed by atoms with Crippen LogP contribution in [0, 0.1) is 0 Å². The second-order valence-electron chi connectivity index (χ2n) is 4.07. The van der Waals surface area contributed by atoms with Crippen LogP contribution in [0.25, 0.3) is 0 Å². The van der Waals surface area contributed by atoms with Crippen LogP contribution < -0.4 is 21.7 Å². The Balaban J connectivity index is 1.95. The van der Waals surface area contributed by atoms with Crippen LogP contribution in [0.5, 0.6) is 5.75 Å². The van der Waals surface area contributed by atoms with Gasteiger partial charge in [-0.05, 0) is 29.8 Å². The second kappa shape index (κ2) is 7.31. The maximum Gasteiger partial charge on any atom is 0.264 e. The highest BCUT2D eigenvalue weighted by molar-refractivity contribution is 7.99. The van der Waals surface area contributed by atoms with Gasteiger partial charge in [0.2, 0.25) is 11.1 Å². The molecule has 22 heavy (non-hydrogen) atoms. The van der Waals surface area contributed by atoms with Gasteiger partial charge >= 0.3 is 0 Å². The van der Waals surface area contributed by atoms with Crippen molar-refractivity contribution < 1.29 is 9.53 Å². The van der Waals surface area contributed by atoms with Crippen LogP contribution in [0.1, 0.15) is 5.56 Å². The summed E-state index contributed by atoms with van der Waals surface area (Å²) < 4.78 is 6.26. The standard InChI is InChI=1S/C12H15N7O2S/c1-21-9-4-2-8(3-5-9)6-15-16-11-17-18-12(19(11)14)22-7-10(13)20/h2-6H,7,14H2,1H3,(H2,13,20)(H,16,17)/b15-6+. The molecule has 1 aromatic carbocycles. The minimum absolute atomic E-state index is 0.0739. The number of amides is 1. The lowest BCUT2D eigenvalue weighted by Gasteiger charge is -2.01. The van der Waals surface area contributed by atoms with E-state index in [4.69, 9.17) is 16.3 Å². The lowest BCUT2D eigenvalue weighted by molar-refractivity contribution is -0.115. The third-order valence-electron chi connectivity index (χ3n) is 2.50. The number of hydrazone groups is 1. The molecule has 0 aliphatic rings. The molecule has 10 heteroatoms. The van der Waals surface area contributed by atoms with Crippen molar-refractivity contribution in [2.45, 2.75) is 5.16 Å². The summed E-state index contributed by atoms with van der Waals surface area (Å²) in [6.07, 6.45) is 1.60. The van der Waals surface area contributed by atoms with Crippen LogP contribution in [-0.2, 0) is 4.79 Å². The summed E-state index contributed by atoms with van der Waals surface area (Å²) in [6, 6.07) is 7.35. The first kappa shape index (κ1) is 15.6. The first-order valence-corrected chi connectivity index (χ1v) is 7.13. The molecule has 1 heterocycles. The number of rotatable bonds is 7. The third kappa shape index (κ3) is 4.12. The number of nitrogens with zero attached hydrogens (tertiary/aromatic N) is 4. The van der Waals surface area contributed by atoms with Crippen LogP contribution >= 0.6 is 11.8 Å². The van der Waals surface area contributed by atoms with Crippen LogP contribution in [0.3, 0.4) is 0 Å². The number of aromatic nitrogens is 3. The number of hydrogen-bond acceptors (Lipinski definition) is 8. The molecule has 0 unspecified atom stereocenters. The molecule has 0 fully saturated rings. The number of ether oxygens (including phenoxy) is 1. The van der Waals surface area contributed by atoms with Crippen LogP contribution in [0.15, 0.2) is 34.5 Å². The average Bonchev–Trinajstić information content (AvgIpc) is 2.86. The largest absolute Gasteiger partial charge is 0.497 e. The van der Waals surface area contributed by atoms with Gasteiger partial charge in [0.1, 0.15) is 5.75 Å². The number of anilines is 1. The van der Waals surface area contributed by atoms with Crippen LogP contribution in [0.4, 0.5) is 5.95 Å². The van der Waals surface area contributed by atoms with E-state index in [-0.39, 0.29) is 11.7 Å². The highest BCUT2D eigenvalue weighted by Gasteiger charge is 2.10. The predicted octanol–water partition coefficient (Wildman–Crippen LogP) is 0.0239. The van der Waals surface area contributed by atoms with Crippen molar-refractivity contribution in [2.24, 2.45) is 10.8 Å². The fourth-order valence-electron chi connectivity index (χ4n) is 1.44. The normalized spacial score (nSPS) is 10.8. The molecule has 0 atom stereocenters. The van der Waals surface area contributed by atoms with Crippen LogP contribution in [-0.4, -0.2) is 39.9 Å². The molecule has 0 aliphatic heterocycles. The van der Waals surface area contributed by atoms with Gasteiger partial charge in [-0.2, -0.15) is 5.10 Å². The molecule has 0 aliphatic carbocycles. The summed E-state index contributed by atoms with van der Waals surface area (Å²) in [4.78, 5) is 10.7. The zero-order valence-corrected chi connectivity index (χ0v) is 12.6. The molecule has 0 spiro atoms. The van der Waals surface area contributed by atoms with Crippen molar-refractivity contribution in [3.8, 4) is 5.75 Å². The first-order chi connectivity index (χ1) is 10.6. The third-order valence-corrected chi connectivity index (χ3v) is 3.47. The van der Waals surface area contributed by atoms with Crippen LogP contribution in [0.2, 0.25) is 0 Å². The molecule has 2 rings (SSSR count). The van der Waals surface area contributed by atoms with Crippen molar-refractivity contribution in [1.82, 2.24) is 14.9 Å². The van der Waals surface area contributed by atoms with Crippen molar-refractivity contribution in [1.29, 1.82) is 0 Å². The molecule has 5 N–H and O–H groups in total. The topological polar surface area (TPSA) is 133 Å². The quantitative estimate of drug-likeness (QED) is 0.283. The Bertz CT molecular complexity index is 669. The van der Waals surface area contributed by atoms with Gasteiger partial charge < -0.3 is 16.3 Å². The average molecular weight is 321 g/mol. The van der Waals surface area contributed by atoms with Gasteiger partial charge in [0.25, 0.3) is 5.95 Å². The van der Waals surface area contributed by atoms with Gasteiger partial charge in [0.15, 0.2) is 0 Å². The summed E-state index contributed by atoms with van der Waals surface area (Å²) in [5.41, 5.74) is 8.60. The van der Waals surface area contributed by atoms with E-state index < -0.39 is 5.91 Å². The van der Waals surface area contributed by atoms with Crippen molar-refractivity contribution in [3.05, 3.63) is 29.8 Å². The van der Waals surface area contributed by atoms with Gasteiger partial charge in [0, 0.05) is 0 Å². The minimum Gasteiger partial charge on any atom is -0.497 e. The maximum absolute atomic E-state index is 10.7. The van der Waals surface area contributed by atoms with Gasteiger partial charge in [-0.3, -0.25) is 4.79 Å². The van der Waals surface area contributed by atoms with E-state index in [0.29, 0.717) is 5.16 Å². The monoisotopic (exact) mass is 321 g/mol. The summed E-state index contributed by atoms with van der Waals surface area (Å²) in [7, 11) is 1.60. The Hall–Kier alpha value is -2.75. The summed E-state index contributed by atoms with van der Waals surface area (Å²) >= 11 is 1.09. The van der Waals surface area contributed by atoms with E-state index >= 15 is 0 Å². The molecule has 0 radical (unpaired) electrons. The fraction of sp³-hybridized carbons (Fsp3) is 0.167. The molecule has 1 aromatic heterocycles. The number of methoxy groups -OCH3 is 1. The smallest absolute Gasteiger partial charge is 0.264 e. The zero-order valence-electron chi connectivity index (χ0n) is 11.8. The highest BCUT2D eigenvalue weighted by atomic mass is 32.2. The molecule has 2 aromatic rings. The summed E-state index contributed by atoms with van der Waals surface area (Å²) in [5.74, 6) is 6.40. The van der Waals surface area contributed by atoms with E-state index in [2.05, 4.69) is 20.7 Å². The lowest BCUT2D eigenvalue weighted by atomic mass is 10.2. The molecule has 1 amide bonds. The number of nitrogens with one attached hydrogen (secondary N) is 1. The number of carbonyl (C=O) groups is 1. The number of nitrogen functional groups attached to an aromatic ring is 1. The highest BCUT2D eigenvalue weighted by Crippen LogP contribution is 2.16. The molecule has 0 saturated carbocycles. The molecular weight excluding hydrogens is 306 g/mol. The molecule has 0 saturated heterocycles. The zero-order chi connectivity index (χ0) is 15.9. The number of nitrogens with two attached hydrogens (primary N) is 2. The molecular formula is C12H15N7O2S. The van der Waals surface area contributed by atoms with Gasteiger partial charge in [0.05, 0.1) is 19.1 Å². The number of benzene rings is 1. The first-order valence-electron chi connectivity index (χ1n) is 6.15. The number of carbonyl (C=O) groups excluding carboxylic acids is 1. The van der Waals surface area contributed by atoms with Gasteiger partial charge in [-0.1, -0.05) is 11.8 Å². The summed E-state index contributed by atoms with van der Waals surface area (Å²) in [5, 5.41) is 12.0. The van der Waals surface area contributed by atoms with Gasteiger partial charge in [-0.25, -0.2) is 10.1 Å². The predicted molar refractivity (Wildman–Crippen MR) is 84.3 cm³/mol. The lowest BCUT2D eigenvalue weighted by Crippen LogP contribution is -2.16.